The van der Waals surface area contributed by atoms with Gasteiger partial charge in [-0.05, 0) is 57.1 Å². The van der Waals surface area contributed by atoms with Gasteiger partial charge >= 0.3 is 0 Å². The smallest absolute Gasteiger partial charge is 0.237 e. The van der Waals surface area contributed by atoms with Crippen molar-refractivity contribution in [3.63, 3.8) is 0 Å². The Hall–Kier alpha value is -2.44. The molecule has 5 nitrogen and oxygen atoms in total. The molecule has 1 aliphatic rings. The first-order valence-electron chi connectivity index (χ1n) is 9.82. The van der Waals surface area contributed by atoms with Crippen molar-refractivity contribution in [1.82, 2.24) is 15.2 Å². The van der Waals surface area contributed by atoms with Gasteiger partial charge in [0, 0.05) is 23.0 Å². The number of likely N-dealkylation sites (tertiary alicyclic amines) is 1. The number of aromatic nitrogens is 1. The molecule has 0 saturated carbocycles. The summed E-state index contributed by atoms with van der Waals surface area (Å²) >= 11 is 6.02. The predicted octanol–water partition coefficient (Wildman–Crippen LogP) is 4.50. The van der Waals surface area contributed by atoms with Crippen molar-refractivity contribution < 1.29 is 13.6 Å². The predicted molar refractivity (Wildman–Crippen MR) is 110 cm³/mol. The molecule has 4 rings (SSSR count). The first-order valence-corrected chi connectivity index (χ1v) is 10.2. The lowest BCUT2D eigenvalue weighted by molar-refractivity contribution is -0.126. The summed E-state index contributed by atoms with van der Waals surface area (Å²) in [6, 6.07) is 11.6. The monoisotopic (exact) mass is 415 g/mol. The van der Waals surface area contributed by atoms with Crippen LogP contribution in [0.3, 0.4) is 0 Å². The van der Waals surface area contributed by atoms with E-state index in [0.717, 1.165) is 42.9 Å². The number of oxazole rings is 1. The highest BCUT2D eigenvalue weighted by molar-refractivity contribution is 6.31. The zero-order chi connectivity index (χ0) is 20.4. The molecule has 1 N–H and O–H groups in total. The van der Waals surface area contributed by atoms with E-state index in [0.29, 0.717) is 10.6 Å². The molecule has 0 spiro atoms. The summed E-state index contributed by atoms with van der Waals surface area (Å²) in [5.41, 5.74) is 2.01. The van der Waals surface area contributed by atoms with E-state index in [2.05, 4.69) is 15.2 Å². The quantitative estimate of drug-likeness (QED) is 0.666. The lowest BCUT2D eigenvalue weighted by atomic mass is 9.95. The maximum atomic E-state index is 13.7. The van der Waals surface area contributed by atoms with Crippen molar-refractivity contribution in [3.8, 4) is 0 Å². The lowest BCUT2D eigenvalue weighted by Gasteiger charge is -2.34. The largest absolute Gasteiger partial charge is 0.440 e. The highest BCUT2D eigenvalue weighted by Gasteiger charge is 2.29. The second-order valence-corrected chi connectivity index (χ2v) is 7.90. The molecule has 1 unspecified atom stereocenters. The van der Waals surface area contributed by atoms with E-state index in [4.69, 9.17) is 16.0 Å². The van der Waals surface area contributed by atoms with E-state index in [1.807, 2.05) is 13.0 Å². The van der Waals surface area contributed by atoms with Gasteiger partial charge in [0.25, 0.3) is 0 Å². The van der Waals surface area contributed by atoms with Crippen LogP contribution in [0, 0.1) is 5.82 Å². The Morgan fingerprint density at radius 3 is 2.83 bits per heavy atom. The fourth-order valence-electron chi connectivity index (χ4n) is 3.76. The zero-order valence-electron chi connectivity index (χ0n) is 16.2. The Balaban J connectivity index is 1.32. The number of hydrogen-bond acceptors (Lipinski definition) is 4. The van der Waals surface area contributed by atoms with Crippen LogP contribution in [-0.2, 0) is 11.3 Å². The molecule has 1 atom stereocenters. The molecule has 3 aromatic rings. The minimum Gasteiger partial charge on any atom is -0.440 e. The number of benzene rings is 2. The van der Waals surface area contributed by atoms with Crippen LogP contribution in [0.1, 0.15) is 37.1 Å². The summed E-state index contributed by atoms with van der Waals surface area (Å²) in [4.78, 5) is 19.2. The van der Waals surface area contributed by atoms with Gasteiger partial charge in [-0.3, -0.25) is 9.69 Å². The van der Waals surface area contributed by atoms with Crippen LogP contribution in [0.4, 0.5) is 4.39 Å². The third kappa shape index (κ3) is 4.43. The van der Waals surface area contributed by atoms with Gasteiger partial charge in [-0.25, -0.2) is 9.37 Å². The molecular formula is C22H23ClFN3O2. The average Bonchev–Trinajstić information content (AvgIpc) is 3.15. The van der Waals surface area contributed by atoms with Gasteiger partial charge in [-0.2, -0.15) is 0 Å². The molecule has 7 heteroatoms. The van der Waals surface area contributed by atoms with E-state index in [1.165, 1.54) is 6.07 Å². The third-order valence-electron chi connectivity index (χ3n) is 5.58. The van der Waals surface area contributed by atoms with E-state index >= 15 is 0 Å². The van der Waals surface area contributed by atoms with E-state index in [1.54, 1.807) is 30.3 Å². The highest BCUT2D eigenvalue weighted by atomic mass is 35.5. The first-order chi connectivity index (χ1) is 14.0. The van der Waals surface area contributed by atoms with Crippen LogP contribution in [0.15, 0.2) is 46.9 Å². The molecule has 1 aromatic heterocycles. The normalized spacial score (nSPS) is 16.8. The van der Waals surface area contributed by atoms with Crippen molar-refractivity contribution in [2.24, 2.45) is 0 Å². The maximum absolute atomic E-state index is 13.7. The van der Waals surface area contributed by atoms with Gasteiger partial charge in [-0.15, -0.1) is 0 Å². The molecule has 0 radical (unpaired) electrons. The zero-order valence-corrected chi connectivity index (χ0v) is 17.0. The van der Waals surface area contributed by atoms with Crippen molar-refractivity contribution in [2.75, 3.05) is 13.1 Å². The fraction of sp³-hybridized carbons (Fsp3) is 0.364. The second kappa shape index (κ2) is 8.51. The number of fused-ring (bicyclic) bond motifs is 1. The SMILES string of the molecule is CC(C(=O)NCc1ccccc1F)N1CCC(c2nc3cc(Cl)ccc3o2)CC1. The van der Waals surface area contributed by atoms with Gasteiger partial charge in [0.1, 0.15) is 11.3 Å². The van der Waals surface area contributed by atoms with Crippen LogP contribution >= 0.6 is 11.6 Å². The van der Waals surface area contributed by atoms with Crippen molar-refractivity contribution >= 4 is 28.6 Å². The van der Waals surface area contributed by atoms with Crippen LogP contribution in [0.25, 0.3) is 11.1 Å². The summed E-state index contributed by atoms with van der Waals surface area (Å²) in [6.07, 6.45) is 1.73. The molecule has 2 aromatic carbocycles. The van der Waals surface area contributed by atoms with Gasteiger partial charge in [-0.1, -0.05) is 29.8 Å². The lowest BCUT2D eigenvalue weighted by Crippen LogP contribution is -2.47. The standard InChI is InChI=1S/C22H23ClFN3O2/c1-14(21(28)25-13-16-4-2-3-5-18(16)24)27-10-8-15(9-11-27)22-26-19-12-17(23)6-7-20(19)29-22/h2-7,12,14-15H,8-11,13H2,1H3,(H,25,28). The van der Waals surface area contributed by atoms with Gasteiger partial charge in [0.05, 0.1) is 6.04 Å². The minimum atomic E-state index is -0.305. The molecule has 152 valence electrons. The van der Waals surface area contributed by atoms with Crippen LogP contribution in [-0.4, -0.2) is 34.9 Å². The summed E-state index contributed by atoms with van der Waals surface area (Å²) < 4.78 is 19.6. The van der Waals surface area contributed by atoms with Gasteiger partial charge in [0.15, 0.2) is 11.5 Å². The van der Waals surface area contributed by atoms with Gasteiger partial charge in [0.2, 0.25) is 5.91 Å². The molecular weight excluding hydrogens is 393 g/mol. The first kappa shape index (κ1) is 19.9. The number of carbonyl (C=O) groups is 1. The Kier molecular flexibility index (Phi) is 5.83. The summed E-state index contributed by atoms with van der Waals surface area (Å²) in [6.45, 7) is 3.63. The molecule has 0 bridgehead atoms. The molecule has 29 heavy (non-hydrogen) atoms. The summed E-state index contributed by atoms with van der Waals surface area (Å²) in [7, 11) is 0. The van der Waals surface area contributed by atoms with Crippen molar-refractivity contribution in [2.45, 2.75) is 38.3 Å². The van der Waals surface area contributed by atoms with Gasteiger partial charge < -0.3 is 9.73 Å². The Labute approximate surface area is 173 Å². The molecule has 1 amide bonds. The molecule has 1 fully saturated rings. The van der Waals surface area contributed by atoms with E-state index in [9.17, 15) is 9.18 Å². The maximum Gasteiger partial charge on any atom is 0.237 e. The van der Waals surface area contributed by atoms with Crippen molar-refractivity contribution in [1.29, 1.82) is 0 Å². The van der Waals surface area contributed by atoms with Crippen LogP contribution in [0.5, 0.6) is 0 Å². The minimum absolute atomic E-state index is 0.0943. The highest BCUT2D eigenvalue weighted by Crippen LogP contribution is 2.31. The Morgan fingerprint density at radius 2 is 2.07 bits per heavy atom. The van der Waals surface area contributed by atoms with E-state index in [-0.39, 0.29) is 30.2 Å². The Bertz CT molecular complexity index is 1010. The number of carbonyl (C=O) groups excluding carboxylic acids is 1. The molecule has 2 heterocycles. The Morgan fingerprint density at radius 1 is 1.31 bits per heavy atom. The third-order valence-corrected chi connectivity index (χ3v) is 5.82. The molecule has 1 saturated heterocycles. The number of nitrogens with one attached hydrogen (secondary N) is 1. The van der Waals surface area contributed by atoms with Crippen LogP contribution in [0.2, 0.25) is 5.02 Å². The number of amides is 1. The number of piperidine rings is 1. The number of rotatable bonds is 5. The molecule has 0 aliphatic carbocycles. The second-order valence-electron chi connectivity index (χ2n) is 7.46. The van der Waals surface area contributed by atoms with E-state index < -0.39 is 0 Å². The summed E-state index contributed by atoms with van der Waals surface area (Å²) in [5.74, 6) is 0.564. The number of nitrogens with zero attached hydrogens (tertiary/aromatic N) is 2. The number of hydrogen-bond donors (Lipinski definition) is 1. The average molecular weight is 416 g/mol. The summed E-state index contributed by atoms with van der Waals surface area (Å²) in [5, 5.41) is 3.48. The topological polar surface area (TPSA) is 58.4 Å². The van der Waals surface area contributed by atoms with Crippen molar-refractivity contribution in [3.05, 3.63) is 64.8 Å². The van der Waals surface area contributed by atoms with Crippen LogP contribution < -0.4 is 5.32 Å². The number of halogens is 2. The molecule has 1 aliphatic heterocycles. The fourth-order valence-corrected chi connectivity index (χ4v) is 3.93.